The maximum Gasteiger partial charge on any atom is 0.270 e. The van der Waals surface area contributed by atoms with E-state index in [1.165, 1.54) is 23.8 Å². The molecule has 1 saturated heterocycles. The first kappa shape index (κ1) is 15.1. The van der Waals surface area contributed by atoms with Crippen molar-refractivity contribution < 1.29 is 13.9 Å². The van der Waals surface area contributed by atoms with Crippen LogP contribution in [0.15, 0.2) is 45.9 Å². The van der Waals surface area contributed by atoms with E-state index in [4.69, 9.17) is 33.0 Å². The molecule has 0 bridgehead atoms. The molecule has 1 aromatic heterocycles. The quantitative estimate of drug-likeness (QED) is 0.607. The minimum atomic E-state index is -0.201. The fourth-order valence-electron chi connectivity index (χ4n) is 1.99. The van der Waals surface area contributed by atoms with Gasteiger partial charge in [0.15, 0.2) is 4.32 Å². The summed E-state index contributed by atoms with van der Waals surface area (Å²) in [6.07, 6.45) is 3.22. The molecule has 22 heavy (non-hydrogen) atoms. The molecule has 0 radical (unpaired) electrons. The lowest BCUT2D eigenvalue weighted by atomic mass is 10.2. The zero-order valence-electron chi connectivity index (χ0n) is 11.4. The number of rotatable bonds is 3. The molecule has 0 spiro atoms. The summed E-state index contributed by atoms with van der Waals surface area (Å²) >= 11 is 12.6. The number of hydrogen-bond acceptors (Lipinski definition) is 5. The van der Waals surface area contributed by atoms with E-state index in [0.717, 1.165) is 0 Å². The lowest BCUT2D eigenvalue weighted by Crippen LogP contribution is -2.27. The van der Waals surface area contributed by atoms with Crippen LogP contribution in [0.3, 0.4) is 0 Å². The van der Waals surface area contributed by atoms with Crippen molar-refractivity contribution >= 4 is 57.6 Å². The van der Waals surface area contributed by atoms with E-state index in [0.29, 0.717) is 31.4 Å². The van der Waals surface area contributed by atoms with Gasteiger partial charge >= 0.3 is 0 Å². The van der Waals surface area contributed by atoms with Crippen LogP contribution in [-0.4, -0.2) is 17.3 Å². The van der Waals surface area contributed by atoms with Crippen LogP contribution in [0.1, 0.15) is 5.76 Å². The number of hydrogen-bond donors (Lipinski definition) is 0. The number of anilines is 1. The third kappa shape index (κ3) is 2.77. The summed E-state index contributed by atoms with van der Waals surface area (Å²) in [7, 11) is 1.53. The molecule has 0 atom stereocenters. The number of thioether (sulfide) groups is 1. The molecule has 1 aliphatic rings. The number of carbonyl (C=O) groups is 1. The second kappa shape index (κ2) is 6.16. The molecule has 2 aromatic rings. The van der Waals surface area contributed by atoms with Crippen molar-refractivity contribution in [1.82, 2.24) is 0 Å². The number of thiocarbonyl (C=S) groups is 1. The van der Waals surface area contributed by atoms with E-state index in [-0.39, 0.29) is 5.91 Å². The standard InChI is InChI=1S/C15H10ClNO3S2/c1-19-12-5-4-9(7-11(12)16)17-14(18)13(22-15(17)21)8-10-3-2-6-20-10/h2-8H,1H3/b13-8+. The van der Waals surface area contributed by atoms with Gasteiger partial charge in [-0.25, -0.2) is 0 Å². The third-order valence-electron chi connectivity index (χ3n) is 3.00. The molecular weight excluding hydrogens is 342 g/mol. The Kier molecular flexibility index (Phi) is 4.24. The van der Waals surface area contributed by atoms with Crippen LogP contribution in [0, 0.1) is 0 Å². The van der Waals surface area contributed by atoms with E-state index >= 15 is 0 Å². The van der Waals surface area contributed by atoms with Gasteiger partial charge in [-0.15, -0.1) is 0 Å². The molecule has 2 heterocycles. The van der Waals surface area contributed by atoms with E-state index in [9.17, 15) is 4.79 Å². The summed E-state index contributed by atoms with van der Waals surface area (Å²) in [5.41, 5.74) is 0.608. The number of amides is 1. The van der Waals surface area contributed by atoms with E-state index in [2.05, 4.69) is 0 Å². The van der Waals surface area contributed by atoms with Gasteiger partial charge in [-0.05, 0) is 30.3 Å². The SMILES string of the molecule is COc1ccc(N2C(=O)/C(=C\c3ccco3)SC2=S)cc1Cl. The van der Waals surface area contributed by atoms with Crippen molar-refractivity contribution in [3.8, 4) is 5.75 Å². The lowest BCUT2D eigenvalue weighted by molar-refractivity contribution is -0.113. The molecule has 0 aliphatic carbocycles. The molecular formula is C15H10ClNO3S2. The Labute approximate surface area is 141 Å². The molecule has 0 unspecified atom stereocenters. The number of carbonyl (C=O) groups excluding carboxylic acids is 1. The van der Waals surface area contributed by atoms with Gasteiger partial charge in [-0.1, -0.05) is 35.6 Å². The molecule has 1 amide bonds. The Morgan fingerprint density at radius 1 is 1.41 bits per heavy atom. The Morgan fingerprint density at radius 2 is 2.23 bits per heavy atom. The third-order valence-corrected chi connectivity index (χ3v) is 4.60. The smallest absolute Gasteiger partial charge is 0.270 e. The van der Waals surface area contributed by atoms with Crippen LogP contribution in [0.5, 0.6) is 5.75 Å². The summed E-state index contributed by atoms with van der Waals surface area (Å²) in [6.45, 7) is 0. The lowest BCUT2D eigenvalue weighted by Gasteiger charge is -2.15. The van der Waals surface area contributed by atoms with Gasteiger partial charge in [-0.3, -0.25) is 9.69 Å². The molecule has 4 nitrogen and oxygen atoms in total. The van der Waals surface area contributed by atoms with Crippen LogP contribution >= 0.6 is 35.6 Å². The van der Waals surface area contributed by atoms with E-state index < -0.39 is 0 Å². The number of benzene rings is 1. The Morgan fingerprint density at radius 3 is 2.86 bits per heavy atom. The Bertz CT molecular complexity index is 771. The molecule has 0 saturated carbocycles. The number of furan rings is 1. The van der Waals surface area contributed by atoms with Crippen molar-refractivity contribution in [2.75, 3.05) is 12.0 Å². The fourth-order valence-corrected chi connectivity index (χ4v) is 3.52. The van der Waals surface area contributed by atoms with Gasteiger partial charge in [-0.2, -0.15) is 0 Å². The first-order valence-electron chi connectivity index (χ1n) is 6.25. The first-order chi connectivity index (χ1) is 10.6. The van der Waals surface area contributed by atoms with Crippen LogP contribution < -0.4 is 9.64 Å². The molecule has 0 N–H and O–H groups in total. The zero-order chi connectivity index (χ0) is 15.7. The first-order valence-corrected chi connectivity index (χ1v) is 7.85. The van der Waals surface area contributed by atoms with Gasteiger partial charge in [0.25, 0.3) is 5.91 Å². The van der Waals surface area contributed by atoms with Crippen molar-refractivity contribution in [1.29, 1.82) is 0 Å². The highest BCUT2D eigenvalue weighted by Crippen LogP contribution is 2.38. The summed E-state index contributed by atoms with van der Waals surface area (Å²) in [6, 6.07) is 8.63. The number of ether oxygens (including phenoxy) is 1. The average Bonchev–Trinajstić information content (AvgIpc) is 3.08. The largest absolute Gasteiger partial charge is 0.495 e. The molecule has 1 aliphatic heterocycles. The van der Waals surface area contributed by atoms with Crippen molar-refractivity contribution in [2.24, 2.45) is 0 Å². The average molecular weight is 352 g/mol. The molecule has 3 rings (SSSR count). The number of methoxy groups -OCH3 is 1. The summed E-state index contributed by atoms with van der Waals surface area (Å²) in [5, 5.41) is 0.420. The van der Waals surface area contributed by atoms with Crippen LogP contribution in [0.4, 0.5) is 5.69 Å². The van der Waals surface area contributed by atoms with Gasteiger partial charge in [0.2, 0.25) is 0 Å². The Balaban J connectivity index is 1.93. The highest BCUT2D eigenvalue weighted by molar-refractivity contribution is 8.27. The van der Waals surface area contributed by atoms with Gasteiger partial charge < -0.3 is 9.15 Å². The number of halogens is 1. The summed E-state index contributed by atoms with van der Waals surface area (Å²) in [4.78, 5) is 14.5. The minimum Gasteiger partial charge on any atom is -0.495 e. The Hall–Kier alpha value is -1.76. The molecule has 1 aromatic carbocycles. The van der Waals surface area contributed by atoms with Crippen molar-refractivity contribution in [2.45, 2.75) is 0 Å². The second-order valence-corrected chi connectivity index (χ2v) is 6.43. The molecule has 112 valence electrons. The summed E-state index contributed by atoms with van der Waals surface area (Å²) in [5.74, 6) is 0.947. The molecule has 7 heteroatoms. The van der Waals surface area contributed by atoms with Crippen molar-refractivity contribution in [3.63, 3.8) is 0 Å². The van der Waals surface area contributed by atoms with Crippen LogP contribution in [0.2, 0.25) is 5.02 Å². The highest BCUT2D eigenvalue weighted by Gasteiger charge is 2.33. The highest BCUT2D eigenvalue weighted by atomic mass is 35.5. The minimum absolute atomic E-state index is 0.201. The predicted octanol–water partition coefficient (Wildman–Crippen LogP) is 4.35. The normalized spacial score (nSPS) is 16.6. The molecule has 1 fully saturated rings. The number of nitrogens with zero attached hydrogens (tertiary/aromatic N) is 1. The van der Waals surface area contributed by atoms with Gasteiger partial charge in [0.05, 0.1) is 29.0 Å². The predicted molar refractivity (Wildman–Crippen MR) is 92.4 cm³/mol. The fraction of sp³-hybridized carbons (Fsp3) is 0.0667. The van der Waals surface area contributed by atoms with Crippen LogP contribution in [0.25, 0.3) is 6.08 Å². The van der Waals surface area contributed by atoms with Gasteiger partial charge in [0.1, 0.15) is 11.5 Å². The zero-order valence-corrected chi connectivity index (χ0v) is 13.8. The van der Waals surface area contributed by atoms with Gasteiger partial charge in [0, 0.05) is 6.08 Å². The monoisotopic (exact) mass is 351 g/mol. The summed E-state index contributed by atoms with van der Waals surface area (Å²) < 4.78 is 10.8. The van der Waals surface area contributed by atoms with Crippen LogP contribution in [-0.2, 0) is 4.79 Å². The topological polar surface area (TPSA) is 42.7 Å². The maximum atomic E-state index is 12.5. The second-order valence-electron chi connectivity index (χ2n) is 4.35. The van der Waals surface area contributed by atoms with E-state index in [1.807, 2.05) is 0 Å². The maximum absolute atomic E-state index is 12.5. The van der Waals surface area contributed by atoms with E-state index in [1.54, 1.807) is 42.7 Å². The van der Waals surface area contributed by atoms with Crippen molar-refractivity contribution in [3.05, 3.63) is 52.3 Å².